The van der Waals surface area contributed by atoms with Crippen LogP contribution in [0.1, 0.15) is 30.5 Å². The summed E-state index contributed by atoms with van der Waals surface area (Å²) in [6.45, 7) is 5.72. The molecule has 0 radical (unpaired) electrons. The minimum absolute atomic E-state index is 0.0166. The SMILES string of the molecule is Cc1c(C=Nc2cccc(Cl)c2Cl)c(O)n(CC(C)C)c(=O)c1C#N. The fourth-order valence-electron chi connectivity index (χ4n) is 2.39. The Morgan fingerprint density at radius 2 is 2.08 bits per heavy atom. The largest absolute Gasteiger partial charge is 0.494 e. The second-order valence-electron chi connectivity index (χ2n) is 5.99. The molecule has 7 heteroatoms. The van der Waals surface area contributed by atoms with Crippen molar-refractivity contribution in [3.8, 4) is 11.9 Å². The molecule has 0 saturated carbocycles. The van der Waals surface area contributed by atoms with Crippen molar-refractivity contribution < 1.29 is 5.11 Å². The second kappa shape index (κ2) is 7.73. The number of rotatable bonds is 4. The second-order valence-corrected chi connectivity index (χ2v) is 6.77. The number of aromatic hydroxyl groups is 1. The fraction of sp³-hybridized carbons (Fsp3) is 0.278. The van der Waals surface area contributed by atoms with Gasteiger partial charge in [0.2, 0.25) is 5.88 Å². The normalized spacial score (nSPS) is 11.2. The van der Waals surface area contributed by atoms with E-state index < -0.39 is 5.56 Å². The Morgan fingerprint density at radius 1 is 1.40 bits per heavy atom. The molecule has 0 aliphatic carbocycles. The molecule has 1 aromatic carbocycles. The van der Waals surface area contributed by atoms with E-state index in [0.717, 1.165) is 0 Å². The van der Waals surface area contributed by atoms with Crippen LogP contribution in [-0.2, 0) is 6.54 Å². The van der Waals surface area contributed by atoms with Gasteiger partial charge in [-0.15, -0.1) is 0 Å². The van der Waals surface area contributed by atoms with Crippen molar-refractivity contribution in [3.63, 3.8) is 0 Å². The van der Waals surface area contributed by atoms with Gasteiger partial charge in [-0.05, 0) is 30.5 Å². The lowest BCUT2D eigenvalue weighted by Gasteiger charge is -2.15. The van der Waals surface area contributed by atoms with Gasteiger partial charge < -0.3 is 5.11 Å². The average Bonchev–Trinajstić information content (AvgIpc) is 2.55. The van der Waals surface area contributed by atoms with Crippen LogP contribution in [0.5, 0.6) is 5.88 Å². The molecule has 2 aromatic rings. The van der Waals surface area contributed by atoms with Crippen LogP contribution in [0.15, 0.2) is 28.0 Å². The van der Waals surface area contributed by atoms with Crippen molar-refractivity contribution in [2.24, 2.45) is 10.9 Å². The first-order chi connectivity index (χ1) is 11.8. The van der Waals surface area contributed by atoms with Gasteiger partial charge in [-0.2, -0.15) is 5.26 Å². The van der Waals surface area contributed by atoms with E-state index in [9.17, 15) is 15.2 Å². The summed E-state index contributed by atoms with van der Waals surface area (Å²) in [6.07, 6.45) is 1.39. The number of benzene rings is 1. The van der Waals surface area contributed by atoms with Crippen LogP contribution >= 0.6 is 23.2 Å². The van der Waals surface area contributed by atoms with Crippen LogP contribution in [-0.4, -0.2) is 15.9 Å². The molecule has 0 aliphatic rings. The van der Waals surface area contributed by atoms with Crippen LogP contribution in [0.25, 0.3) is 0 Å². The summed E-state index contributed by atoms with van der Waals surface area (Å²) in [5, 5.41) is 20.5. The van der Waals surface area contributed by atoms with E-state index in [1.807, 2.05) is 19.9 Å². The van der Waals surface area contributed by atoms with Crippen molar-refractivity contribution >= 4 is 35.1 Å². The van der Waals surface area contributed by atoms with Gasteiger partial charge in [-0.25, -0.2) is 0 Å². The van der Waals surface area contributed by atoms with Crippen molar-refractivity contribution in [2.75, 3.05) is 0 Å². The lowest BCUT2D eigenvalue weighted by Crippen LogP contribution is -2.27. The maximum atomic E-state index is 12.4. The van der Waals surface area contributed by atoms with Crippen molar-refractivity contribution in [1.29, 1.82) is 5.26 Å². The summed E-state index contributed by atoms with van der Waals surface area (Å²) in [5.41, 5.74) is 0.564. The minimum atomic E-state index is -0.510. The van der Waals surface area contributed by atoms with Crippen molar-refractivity contribution in [2.45, 2.75) is 27.3 Å². The quantitative estimate of drug-likeness (QED) is 0.799. The molecule has 0 amide bonds. The number of aromatic nitrogens is 1. The van der Waals surface area contributed by atoms with Crippen LogP contribution in [0.4, 0.5) is 5.69 Å². The zero-order valence-corrected chi connectivity index (χ0v) is 15.6. The first-order valence-electron chi connectivity index (χ1n) is 7.62. The molecule has 0 bridgehead atoms. The third kappa shape index (κ3) is 3.87. The standard InChI is InChI=1S/C18H17Cl2N3O2/c1-10(2)9-23-17(24)12(7-21)11(3)13(18(23)25)8-22-15-6-4-5-14(19)16(15)20/h4-6,8,10,25H,9H2,1-3H3. The summed E-state index contributed by atoms with van der Waals surface area (Å²) in [4.78, 5) is 16.7. The van der Waals surface area contributed by atoms with Gasteiger partial charge in [0.15, 0.2) is 0 Å². The highest BCUT2D eigenvalue weighted by atomic mass is 35.5. The number of halogens is 2. The van der Waals surface area contributed by atoms with Gasteiger partial charge >= 0.3 is 0 Å². The zero-order valence-electron chi connectivity index (χ0n) is 14.0. The van der Waals surface area contributed by atoms with E-state index in [1.165, 1.54) is 10.8 Å². The molecule has 0 aliphatic heterocycles. The molecule has 0 saturated heterocycles. The van der Waals surface area contributed by atoms with Crippen LogP contribution in [0.3, 0.4) is 0 Å². The molecule has 0 atom stereocenters. The first kappa shape index (κ1) is 19.0. The smallest absolute Gasteiger partial charge is 0.271 e. The van der Waals surface area contributed by atoms with E-state index in [0.29, 0.717) is 28.4 Å². The fourth-order valence-corrected chi connectivity index (χ4v) is 2.73. The van der Waals surface area contributed by atoms with Crippen molar-refractivity contribution in [1.82, 2.24) is 4.57 Å². The highest BCUT2D eigenvalue weighted by molar-refractivity contribution is 6.43. The Hall–Kier alpha value is -2.29. The van der Waals surface area contributed by atoms with Gasteiger partial charge in [0.25, 0.3) is 5.56 Å². The monoisotopic (exact) mass is 377 g/mol. The molecule has 1 N–H and O–H groups in total. The number of hydrogen-bond donors (Lipinski definition) is 1. The third-order valence-corrected chi connectivity index (χ3v) is 4.47. The molecule has 0 fully saturated rings. The van der Waals surface area contributed by atoms with E-state index >= 15 is 0 Å². The Labute approximate surface area is 155 Å². The summed E-state index contributed by atoms with van der Waals surface area (Å²) in [6, 6.07) is 6.93. The highest BCUT2D eigenvalue weighted by Crippen LogP contribution is 2.32. The summed E-state index contributed by atoms with van der Waals surface area (Å²) in [5.74, 6) is -0.109. The van der Waals surface area contributed by atoms with Gasteiger partial charge in [-0.1, -0.05) is 43.1 Å². The van der Waals surface area contributed by atoms with E-state index in [4.69, 9.17) is 23.2 Å². The van der Waals surface area contributed by atoms with E-state index in [1.54, 1.807) is 25.1 Å². The van der Waals surface area contributed by atoms with Crippen LogP contribution in [0.2, 0.25) is 10.0 Å². The number of nitrogens with zero attached hydrogens (tertiary/aromatic N) is 3. The Bertz CT molecular complexity index is 941. The Kier molecular flexibility index (Phi) is 5.89. The Balaban J connectivity index is 2.65. The maximum absolute atomic E-state index is 12.4. The molecule has 5 nitrogen and oxygen atoms in total. The Morgan fingerprint density at radius 3 is 2.68 bits per heavy atom. The van der Waals surface area contributed by atoms with E-state index in [-0.39, 0.29) is 22.4 Å². The summed E-state index contributed by atoms with van der Waals surface area (Å²) in [7, 11) is 0. The van der Waals surface area contributed by atoms with Crippen LogP contribution < -0.4 is 5.56 Å². The zero-order chi connectivity index (χ0) is 18.7. The number of pyridine rings is 1. The lowest BCUT2D eigenvalue weighted by molar-refractivity contribution is 0.381. The summed E-state index contributed by atoms with van der Waals surface area (Å²) < 4.78 is 1.19. The number of aliphatic imine (C=N–C) groups is 1. The maximum Gasteiger partial charge on any atom is 0.271 e. The molecule has 0 spiro atoms. The van der Waals surface area contributed by atoms with Gasteiger partial charge in [0.05, 0.1) is 21.3 Å². The lowest BCUT2D eigenvalue weighted by atomic mass is 10.1. The molecule has 130 valence electrons. The minimum Gasteiger partial charge on any atom is -0.494 e. The molecular weight excluding hydrogens is 361 g/mol. The molecule has 1 aromatic heterocycles. The van der Waals surface area contributed by atoms with Gasteiger partial charge in [0, 0.05) is 12.8 Å². The number of hydrogen-bond acceptors (Lipinski definition) is 4. The average molecular weight is 378 g/mol. The summed E-state index contributed by atoms with van der Waals surface area (Å²) >= 11 is 12.1. The molecule has 1 heterocycles. The topological polar surface area (TPSA) is 78.4 Å². The predicted molar refractivity (Wildman–Crippen MR) is 100 cm³/mol. The first-order valence-corrected chi connectivity index (χ1v) is 8.38. The highest BCUT2D eigenvalue weighted by Gasteiger charge is 2.18. The van der Waals surface area contributed by atoms with Gasteiger partial charge in [0.1, 0.15) is 11.6 Å². The predicted octanol–water partition coefficient (Wildman–Crippen LogP) is 4.45. The van der Waals surface area contributed by atoms with Crippen LogP contribution in [0, 0.1) is 24.2 Å². The molecule has 2 rings (SSSR count). The molecule has 0 unspecified atom stereocenters. The third-order valence-electron chi connectivity index (χ3n) is 3.66. The molecule has 25 heavy (non-hydrogen) atoms. The number of nitriles is 1. The van der Waals surface area contributed by atoms with E-state index in [2.05, 4.69) is 4.99 Å². The molecular formula is C18H17Cl2N3O2. The van der Waals surface area contributed by atoms with Crippen molar-refractivity contribution in [3.05, 3.63) is 55.3 Å². The van der Waals surface area contributed by atoms with Gasteiger partial charge in [-0.3, -0.25) is 14.4 Å².